The van der Waals surface area contributed by atoms with Crippen molar-refractivity contribution >= 4 is 57.8 Å². The number of nitrogens with zero attached hydrogens (tertiary/aromatic N) is 3. The minimum Gasteiger partial charge on any atom is -0.484 e. The second-order valence-corrected chi connectivity index (χ2v) is 11.6. The Morgan fingerprint density at radius 2 is 1.73 bits per heavy atom. The van der Waals surface area contributed by atoms with Crippen LogP contribution in [0.4, 0.5) is 11.4 Å². The average Bonchev–Trinajstić information content (AvgIpc) is 3.53. The Morgan fingerprint density at radius 3 is 2.45 bits per heavy atom. The number of nitrogens with one attached hydrogen (secondary N) is 2. The number of para-hydroxylation sites is 1. The van der Waals surface area contributed by atoms with E-state index < -0.39 is 0 Å². The summed E-state index contributed by atoms with van der Waals surface area (Å²) < 4.78 is 7.70. The third kappa shape index (κ3) is 5.88. The monoisotopic (exact) mass is 641 g/mol. The molecule has 1 aliphatic rings. The first-order chi connectivity index (χ1) is 21.3. The van der Waals surface area contributed by atoms with Crippen molar-refractivity contribution in [1.29, 1.82) is 0 Å². The van der Waals surface area contributed by atoms with Crippen LogP contribution in [0.15, 0.2) is 103 Å². The molecule has 0 radical (unpaired) electrons. The molecule has 1 amide bonds. The van der Waals surface area contributed by atoms with Gasteiger partial charge in [0.1, 0.15) is 5.75 Å². The second kappa shape index (κ2) is 12.7. The fraction of sp³-hybridized carbons (Fsp3) is 0.147. The molecule has 1 fully saturated rings. The fourth-order valence-corrected chi connectivity index (χ4v) is 6.37. The van der Waals surface area contributed by atoms with E-state index in [0.29, 0.717) is 26.6 Å². The first-order valence-corrected chi connectivity index (χ1v) is 15.2. The highest BCUT2D eigenvalue weighted by Crippen LogP contribution is 2.44. The third-order valence-electron chi connectivity index (χ3n) is 7.60. The lowest BCUT2D eigenvalue weighted by molar-refractivity contribution is -0.118. The zero-order chi connectivity index (χ0) is 30.8. The number of benzene rings is 3. The molecule has 0 unspecified atom stereocenters. The van der Waals surface area contributed by atoms with Crippen LogP contribution in [0.3, 0.4) is 0 Å². The van der Waals surface area contributed by atoms with Gasteiger partial charge in [-0.25, -0.2) is 0 Å². The van der Waals surface area contributed by atoms with Gasteiger partial charge in [0.15, 0.2) is 11.7 Å². The van der Waals surface area contributed by atoms with Crippen molar-refractivity contribution in [1.82, 2.24) is 14.9 Å². The highest BCUT2D eigenvalue weighted by molar-refractivity contribution is 7.80. The van der Waals surface area contributed by atoms with E-state index in [2.05, 4.69) is 38.1 Å². The summed E-state index contributed by atoms with van der Waals surface area (Å²) in [6.45, 7) is 4.03. The topological polar surface area (TPSA) is 71.4 Å². The van der Waals surface area contributed by atoms with E-state index in [1.54, 1.807) is 12.3 Å². The summed E-state index contributed by atoms with van der Waals surface area (Å²) in [5, 5.41) is 7.97. The van der Waals surface area contributed by atoms with Crippen LogP contribution in [0.2, 0.25) is 10.0 Å². The average molecular weight is 643 g/mol. The van der Waals surface area contributed by atoms with Gasteiger partial charge >= 0.3 is 0 Å². The van der Waals surface area contributed by atoms with Crippen molar-refractivity contribution in [3.63, 3.8) is 0 Å². The standard InChI is InChI=1S/C34H29Cl2N5O2S/c1-21-19-26(22(2)40(21)29-13-8-11-27(35)31(29)36)33-32(28-12-6-7-18-37-28)39-34(44)41(33)24-16-14-23(15-17-24)38-30(42)20-43-25-9-4-3-5-10-25/h3-19,32-33H,20H2,1-2H3,(H,38,42)(H,39,44)/t32-,33+/m0/s1. The highest BCUT2D eigenvalue weighted by Gasteiger charge is 2.42. The summed E-state index contributed by atoms with van der Waals surface area (Å²) in [6, 6.07) is 30.1. The molecule has 2 N–H and O–H groups in total. The SMILES string of the molecule is Cc1cc([C@@H]2[C@H](c3ccccn3)NC(=S)N2c2ccc(NC(=O)COc3ccccc3)cc2)c(C)n1-c1cccc(Cl)c1Cl. The van der Waals surface area contributed by atoms with E-state index in [1.807, 2.05) is 91.9 Å². The molecule has 1 saturated heterocycles. The number of aromatic nitrogens is 2. The van der Waals surface area contributed by atoms with Crippen LogP contribution in [0.25, 0.3) is 5.69 Å². The van der Waals surface area contributed by atoms with Crippen LogP contribution >= 0.6 is 35.4 Å². The Kier molecular flexibility index (Phi) is 8.57. The molecule has 10 heteroatoms. The molecule has 0 saturated carbocycles. The molecule has 3 heterocycles. The molecule has 3 aromatic carbocycles. The van der Waals surface area contributed by atoms with Crippen LogP contribution in [0.1, 0.15) is 34.7 Å². The van der Waals surface area contributed by atoms with Gasteiger partial charge in [-0.2, -0.15) is 0 Å². The molecule has 5 aromatic rings. The third-order valence-corrected chi connectivity index (χ3v) is 8.72. The maximum Gasteiger partial charge on any atom is 0.262 e. The molecule has 44 heavy (non-hydrogen) atoms. The molecule has 2 atom stereocenters. The number of thiocarbonyl (C=S) groups is 1. The first-order valence-electron chi connectivity index (χ1n) is 14.0. The minimum atomic E-state index is -0.250. The Hall–Kier alpha value is -4.37. The fourth-order valence-electron chi connectivity index (χ4n) is 5.64. The quantitative estimate of drug-likeness (QED) is 0.167. The number of carbonyl (C=O) groups is 1. The van der Waals surface area contributed by atoms with Crippen LogP contribution in [0, 0.1) is 13.8 Å². The van der Waals surface area contributed by atoms with Gasteiger partial charge in [-0.05, 0) is 98.4 Å². The molecular formula is C34H29Cl2N5O2S. The molecule has 0 bridgehead atoms. The van der Waals surface area contributed by atoms with Crippen molar-refractivity contribution in [2.45, 2.75) is 25.9 Å². The van der Waals surface area contributed by atoms with Crippen molar-refractivity contribution in [3.8, 4) is 11.4 Å². The number of amides is 1. The first kappa shape index (κ1) is 29.7. The summed E-state index contributed by atoms with van der Waals surface area (Å²) >= 11 is 19.0. The number of halogens is 2. The van der Waals surface area contributed by atoms with Gasteiger partial charge in [0, 0.05) is 29.0 Å². The summed E-state index contributed by atoms with van der Waals surface area (Å²) in [5.41, 5.74) is 6.29. The smallest absolute Gasteiger partial charge is 0.262 e. The van der Waals surface area contributed by atoms with Gasteiger partial charge in [-0.15, -0.1) is 0 Å². The van der Waals surface area contributed by atoms with Crippen LogP contribution in [0.5, 0.6) is 5.75 Å². The summed E-state index contributed by atoms with van der Waals surface area (Å²) in [5.74, 6) is 0.388. The molecule has 6 rings (SSSR count). The zero-order valence-corrected chi connectivity index (χ0v) is 26.3. The maximum atomic E-state index is 12.5. The molecular weight excluding hydrogens is 613 g/mol. The Labute approximate surface area is 271 Å². The van der Waals surface area contributed by atoms with Crippen molar-refractivity contribution in [3.05, 3.63) is 136 Å². The molecule has 7 nitrogen and oxygen atoms in total. The number of carbonyl (C=O) groups excluding carboxylic acids is 1. The van der Waals surface area contributed by atoms with E-state index in [4.69, 9.17) is 40.2 Å². The van der Waals surface area contributed by atoms with Crippen LogP contribution < -0.4 is 20.3 Å². The van der Waals surface area contributed by atoms with E-state index in [1.165, 1.54) is 0 Å². The van der Waals surface area contributed by atoms with E-state index >= 15 is 0 Å². The lowest BCUT2D eigenvalue weighted by atomic mass is 9.96. The molecule has 0 spiro atoms. The lowest BCUT2D eigenvalue weighted by Crippen LogP contribution is -2.29. The van der Waals surface area contributed by atoms with Crippen molar-refractivity contribution < 1.29 is 9.53 Å². The van der Waals surface area contributed by atoms with Crippen LogP contribution in [-0.4, -0.2) is 27.2 Å². The maximum absolute atomic E-state index is 12.5. The number of anilines is 2. The summed E-state index contributed by atoms with van der Waals surface area (Å²) in [6.07, 6.45) is 1.79. The Bertz CT molecular complexity index is 1810. The van der Waals surface area contributed by atoms with Gasteiger partial charge in [-0.3, -0.25) is 9.78 Å². The van der Waals surface area contributed by atoms with Gasteiger partial charge in [0.05, 0.1) is 33.5 Å². The number of pyridine rings is 1. The van der Waals surface area contributed by atoms with E-state index in [0.717, 1.165) is 34.0 Å². The Morgan fingerprint density at radius 1 is 0.977 bits per heavy atom. The summed E-state index contributed by atoms with van der Waals surface area (Å²) in [7, 11) is 0. The van der Waals surface area contributed by atoms with Crippen molar-refractivity contribution in [2.24, 2.45) is 0 Å². The summed E-state index contributed by atoms with van der Waals surface area (Å²) in [4.78, 5) is 19.3. The molecule has 1 aliphatic heterocycles. The van der Waals surface area contributed by atoms with Crippen molar-refractivity contribution in [2.75, 3.05) is 16.8 Å². The molecule has 2 aromatic heterocycles. The second-order valence-electron chi connectivity index (χ2n) is 10.4. The van der Waals surface area contributed by atoms with E-state index in [-0.39, 0.29) is 24.6 Å². The van der Waals surface area contributed by atoms with E-state index in [9.17, 15) is 4.79 Å². The lowest BCUT2D eigenvalue weighted by Gasteiger charge is -2.28. The van der Waals surface area contributed by atoms with Gasteiger partial charge in [0.2, 0.25) is 0 Å². The van der Waals surface area contributed by atoms with Crippen LogP contribution in [-0.2, 0) is 4.79 Å². The predicted molar refractivity (Wildman–Crippen MR) is 180 cm³/mol. The normalized spacial score (nSPS) is 16.1. The number of rotatable bonds is 8. The zero-order valence-electron chi connectivity index (χ0n) is 24.0. The highest BCUT2D eigenvalue weighted by atomic mass is 35.5. The minimum absolute atomic E-state index is 0.0913. The Balaban J connectivity index is 1.32. The molecule has 222 valence electrons. The number of ether oxygens (including phenoxy) is 1. The number of hydrogen-bond donors (Lipinski definition) is 2. The largest absolute Gasteiger partial charge is 0.484 e. The van der Waals surface area contributed by atoms with Gasteiger partial charge in [0.25, 0.3) is 5.91 Å². The predicted octanol–water partition coefficient (Wildman–Crippen LogP) is 7.99. The van der Waals surface area contributed by atoms with Gasteiger partial charge in [-0.1, -0.05) is 53.5 Å². The van der Waals surface area contributed by atoms with Gasteiger partial charge < -0.3 is 24.8 Å². The molecule has 0 aliphatic carbocycles. The number of aryl methyl sites for hydroxylation is 1. The number of hydrogen-bond acceptors (Lipinski definition) is 4.